The van der Waals surface area contributed by atoms with Gasteiger partial charge in [0, 0.05) is 19.6 Å². The Labute approximate surface area is 99.0 Å². The van der Waals surface area contributed by atoms with Crippen LogP contribution in [0.2, 0.25) is 0 Å². The first-order valence-electron chi connectivity index (χ1n) is 5.55. The van der Waals surface area contributed by atoms with Gasteiger partial charge < -0.3 is 15.3 Å². The van der Waals surface area contributed by atoms with Crippen molar-refractivity contribution in [3.8, 4) is 0 Å². The number of carbonyl (C=O) groups is 1. The zero-order valence-electron chi connectivity index (χ0n) is 9.61. The van der Waals surface area contributed by atoms with Crippen LogP contribution in [0.4, 0.5) is 9.18 Å². The third-order valence-corrected chi connectivity index (χ3v) is 3.05. The van der Waals surface area contributed by atoms with E-state index in [1.54, 1.807) is 6.07 Å². The molecule has 0 spiro atoms. The van der Waals surface area contributed by atoms with Crippen LogP contribution in [0.3, 0.4) is 0 Å². The molecule has 1 fully saturated rings. The van der Waals surface area contributed by atoms with Gasteiger partial charge in [-0.05, 0) is 30.2 Å². The number of amides is 1. The van der Waals surface area contributed by atoms with Crippen molar-refractivity contribution in [1.29, 1.82) is 0 Å². The Morgan fingerprint density at radius 1 is 1.59 bits per heavy atom. The molecule has 0 radical (unpaired) electrons. The summed E-state index contributed by atoms with van der Waals surface area (Å²) in [6, 6.07) is 4.54. The number of carboxylic acid groups (broad SMARTS) is 1. The molecule has 1 amide bonds. The molecular formula is C12H15FN2O2. The molecule has 0 bridgehead atoms. The Hall–Kier alpha value is -1.62. The Morgan fingerprint density at radius 2 is 2.35 bits per heavy atom. The highest BCUT2D eigenvalue weighted by Gasteiger charge is 2.24. The van der Waals surface area contributed by atoms with Crippen molar-refractivity contribution in [1.82, 2.24) is 10.2 Å². The summed E-state index contributed by atoms with van der Waals surface area (Å²) < 4.78 is 13.0. The second-order valence-corrected chi connectivity index (χ2v) is 4.24. The van der Waals surface area contributed by atoms with Crippen molar-refractivity contribution < 1.29 is 14.3 Å². The molecule has 1 heterocycles. The van der Waals surface area contributed by atoms with Crippen LogP contribution < -0.4 is 5.32 Å². The van der Waals surface area contributed by atoms with Crippen LogP contribution in [-0.2, 0) is 0 Å². The molecule has 1 aromatic carbocycles. The highest BCUT2D eigenvalue weighted by Crippen LogP contribution is 2.21. The second kappa shape index (κ2) is 4.71. The molecule has 0 saturated carbocycles. The lowest BCUT2D eigenvalue weighted by molar-refractivity contribution is 0.129. The fourth-order valence-electron chi connectivity index (χ4n) is 2.16. The molecule has 1 aromatic rings. The quantitative estimate of drug-likeness (QED) is 0.783. The van der Waals surface area contributed by atoms with E-state index in [1.165, 1.54) is 17.0 Å². The first-order valence-corrected chi connectivity index (χ1v) is 5.55. The Kier molecular flexibility index (Phi) is 3.28. The third-order valence-electron chi connectivity index (χ3n) is 3.05. The van der Waals surface area contributed by atoms with Crippen molar-refractivity contribution in [3.05, 3.63) is 35.1 Å². The number of rotatable bonds is 1. The van der Waals surface area contributed by atoms with Gasteiger partial charge in [-0.25, -0.2) is 9.18 Å². The average Bonchev–Trinajstić information content (AvgIpc) is 2.29. The molecule has 2 rings (SSSR count). The third kappa shape index (κ3) is 2.55. The molecule has 17 heavy (non-hydrogen) atoms. The molecule has 4 nitrogen and oxygen atoms in total. The number of halogens is 1. The standard InChI is InChI=1S/C12H15FN2O2/c1-8-6-9(13)2-3-10(8)11-7-15(12(16)17)5-4-14-11/h2-3,6,11,14H,4-5,7H2,1H3,(H,16,17). The van der Waals surface area contributed by atoms with E-state index in [9.17, 15) is 9.18 Å². The van der Waals surface area contributed by atoms with Gasteiger partial charge >= 0.3 is 6.09 Å². The smallest absolute Gasteiger partial charge is 0.407 e. The van der Waals surface area contributed by atoms with Crippen molar-refractivity contribution in [2.24, 2.45) is 0 Å². The molecule has 1 aliphatic heterocycles. The minimum Gasteiger partial charge on any atom is -0.465 e. The fraction of sp³-hybridized carbons (Fsp3) is 0.417. The molecule has 0 aromatic heterocycles. The number of nitrogens with one attached hydrogen (secondary N) is 1. The number of piperazine rings is 1. The molecule has 0 aliphatic carbocycles. The van der Waals surface area contributed by atoms with E-state index < -0.39 is 6.09 Å². The van der Waals surface area contributed by atoms with Gasteiger partial charge in [-0.15, -0.1) is 0 Å². The van der Waals surface area contributed by atoms with E-state index >= 15 is 0 Å². The molecule has 1 saturated heterocycles. The number of aryl methyl sites for hydroxylation is 1. The highest BCUT2D eigenvalue weighted by atomic mass is 19.1. The first-order chi connectivity index (χ1) is 8.08. The van der Waals surface area contributed by atoms with Gasteiger partial charge in [-0.3, -0.25) is 0 Å². The fourth-order valence-corrected chi connectivity index (χ4v) is 2.16. The number of hydrogen-bond donors (Lipinski definition) is 2. The molecule has 92 valence electrons. The maximum atomic E-state index is 13.0. The van der Waals surface area contributed by atoms with Gasteiger partial charge in [0.25, 0.3) is 0 Å². The Balaban J connectivity index is 2.19. The van der Waals surface area contributed by atoms with Gasteiger partial charge in [-0.1, -0.05) is 6.07 Å². The predicted molar refractivity (Wildman–Crippen MR) is 61.5 cm³/mol. The second-order valence-electron chi connectivity index (χ2n) is 4.24. The van der Waals surface area contributed by atoms with Crippen LogP contribution in [0.15, 0.2) is 18.2 Å². The van der Waals surface area contributed by atoms with Crippen LogP contribution in [0.25, 0.3) is 0 Å². The Bertz CT molecular complexity index is 437. The number of hydrogen-bond acceptors (Lipinski definition) is 2. The summed E-state index contributed by atoms with van der Waals surface area (Å²) in [5.74, 6) is -0.267. The van der Waals surface area contributed by atoms with Gasteiger partial charge in [0.15, 0.2) is 0 Å². The van der Waals surface area contributed by atoms with Crippen molar-refractivity contribution in [3.63, 3.8) is 0 Å². The monoisotopic (exact) mass is 238 g/mol. The highest BCUT2D eigenvalue weighted by molar-refractivity contribution is 5.65. The van der Waals surface area contributed by atoms with Gasteiger partial charge in [0.05, 0.1) is 6.04 Å². The summed E-state index contributed by atoms with van der Waals surface area (Å²) in [4.78, 5) is 12.3. The van der Waals surface area contributed by atoms with E-state index in [2.05, 4.69) is 5.32 Å². The lowest BCUT2D eigenvalue weighted by Crippen LogP contribution is -2.48. The average molecular weight is 238 g/mol. The van der Waals surface area contributed by atoms with Crippen molar-refractivity contribution in [2.75, 3.05) is 19.6 Å². The van der Waals surface area contributed by atoms with Crippen LogP contribution in [0.5, 0.6) is 0 Å². The number of benzene rings is 1. The normalized spacial score (nSPS) is 20.4. The SMILES string of the molecule is Cc1cc(F)ccc1C1CN(C(=O)O)CCN1. The van der Waals surface area contributed by atoms with E-state index in [0.29, 0.717) is 19.6 Å². The minimum absolute atomic E-state index is 0.0551. The Morgan fingerprint density at radius 3 is 3.00 bits per heavy atom. The zero-order valence-corrected chi connectivity index (χ0v) is 9.61. The van der Waals surface area contributed by atoms with E-state index in [1.807, 2.05) is 6.92 Å². The summed E-state index contributed by atoms with van der Waals surface area (Å²) in [6.07, 6.45) is -0.906. The van der Waals surface area contributed by atoms with Crippen LogP contribution >= 0.6 is 0 Å². The lowest BCUT2D eigenvalue weighted by Gasteiger charge is -2.32. The van der Waals surface area contributed by atoms with Crippen LogP contribution in [-0.4, -0.2) is 35.7 Å². The van der Waals surface area contributed by atoms with Gasteiger partial charge in [0.1, 0.15) is 5.82 Å². The maximum absolute atomic E-state index is 13.0. The van der Waals surface area contributed by atoms with E-state index in [0.717, 1.165) is 11.1 Å². The molecule has 1 aliphatic rings. The molecule has 1 unspecified atom stereocenters. The minimum atomic E-state index is -0.906. The topological polar surface area (TPSA) is 52.6 Å². The summed E-state index contributed by atoms with van der Waals surface area (Å²) in [7, 11) is 0. The van der Waals surface area contributed by atoms with Crippen LogP contribution in [0.1, 0.15) is 17.2 Å². The zero-order chi connectivity index (χ0) is 12.4. The summed E-state index contributed by atoms with van der Waals surface area (Å²) in [6.45, 7) is 3.35. The summed E-state index contributed by atoms with van der Waals surface area (Å²) >= 11 is 0. The summed E-state index contributed by atoms with van der Waals surface area (Å²) in [5, 5.41) is 12.2. The lowest BCUT2D eigenvalue weighted by atomic mass is 9.99. The first kappa shape index (κ1) is 11.9. The van der Waals surface area contributed by atoms with Crippen molar-refractivity contribution in [2.45, 2.75) is 13.0 Å². The van der Waals surface area contributed by atoms with Crippen molar-refractivity contribution >= 4 is 6.09 Å². The molecule has 2 N–H and O–H groups in total. The number of nitrogens with zero attached hydrogens (tertiary/aromatic N) is 1. The molecular weight excluding hydrogens is 223 g/mol. The van der Waals surface area contributed by atoms with Gasteiger partial charge in [0.2, 0.25) is 0 Å². The largest absolute Gasteiger partial charge is 0.465 e. The predicted octanol–water partition coefficient (Wildman–Crippen LogP) is 1.76. The van der Waals surface area contributed by atoms with E-state index in [-0.39, 0.29) is 11.9 Å². The van der Waals surface area contributed by atoms with Crippen LogP contribution in [0, 0.1) is 12.7 Å². The summed E-state index contributed by atoms with van der Waals surface area (Å²) in [5.41, 5.74) is 1.80. The van der Waals surface area contributed by atoms with Gasteiger partial charge in [-0.2, -0.15) is 0 Å². The maximum Gasteiger partial charge on any atom is 0.407 e. The molecule has 1 atom stereocenters. The van der Waals surface area contributed by atoms with E-state index in [4.69, 9.17) is 5.11 Å². The molecule has 5 heteroatoms.